The molecule has 0 amide bonds. The van der Waals surface area contributed by atoms with Crippen LogP contribution in [-0.4, -0.2) is 23.8 Å². The van der Waals surface area contributed by atoms with Gasteiger partial charge in [0, 0.05) is 6.61 Å². The van der Waals surface area contributed by atoms with Crippen LogP contribution >= 0.6 is 0 Å². The van der Waals surface area contributed by atoms with Gasteiger partial charge in [0.1, 0.15) is 0 Å². The van der Waals surface area contributed by atoms with Gasteiger partial charge < -0.3 is 9.84 Å². The van der Waals surface area contributed by atoms with E-state index in [0.29, 0.717) is 13.0 Å². The molecule has 0 heterocycles. The molecule has 0 radical (unpaired) electrons. The van der Waals surface area contributed by atoms with E-state index >= 15 is 0 Å². The zero-order valence-electron chi connectivity index (χ0n) is 15.1. The molecule has 0 fully saturated rings. The molecule has 1 unspecified atom stereocenters. The van der Waals surface area contributed by atoms with Crippen LogP contribution in [0.4, 0.5) is 0 Å². The minimum atomic E-state index is -0.799. The van der Waals surface area contributed by atoms with Crippen molar-refractivity contribution < 1.29 is 14.6 Å². The summed E-state index contributed by atoms with van der Waals surface area (Å²) in [5, 5.41) is 9.19. The smallest absolute Gasteiger partial charge is 0.332 e. The van der Waals surface area contributed by atoms with Crippen LogP contribution in [0.5, 0.6) is 0 Å². The Labute approximate surface area is 137 Å². The van der Waals surface area contributed by atoms with E-state index in [0.717, 1.165) is 31.6 Å². The molecule has 0 aliphatic heterocycles. The molecule has 22 heavy (non-hydrogen) atoms. The first kappa shape index (κ1) is 21.4. The molecule has 1 atom stereocenters. The summed E-state index contributed by atoms with van der Waals surface area (Å²) in [6, 6.07) is 0. The normalized spacial score (nSPS) is 12.7. The van der Waals surface area contributed by atoms with Crippen molar-refractivity contribution >= 4 is 5.97 Å². The second kappa shape index (κ2) is 15.3. The highest BCUT2D eigenvalue weighted by Gasteiger charge is 2.17. The molecule has 0 aromatic heterocycles. The van der Waals surface area contributed by atoms with E-state index in [4.69, 9.17) is 4.74 Å². The van der Waals surface area contributed by atoms with Crippen molar-refractivity contribution in [1.82, 2.24) is 0 Å². The van der Waals surface area contributed by atoms with E-state index in [-0.39, 0.29) is 0 Å². The van der Waals surface area contributed by atoms with Crippen LogP contribution in [0, 0.1) is 5.92 Å². The fourth-order valence-corrected chi connectivity index (χ4v) is 2.85. The van der Waals surface area contributed by atoms with Gasteiger partial charge >= 0.3 is 5.97 Å². The van der Waals surface area contributed by atoms with E-state index in [1.807, 2.05) is 0 Å². The Morgan fingerprint density at radius 3 is 2.00 bits per heavy atom. The highest BCUT2D eigenvalue weighted by Crippen LogP contribution is 2.18. The van der Waals surface area contributed by atoms with Crippen molar-refractivity contribution in [2.45, 2.75) is 104 Å². The number of carbonyl (C=O) groups is 1. The predicted molar refractivity (Wildman–Crippen MR) is 93.3 cm³/mol. The second-order valence-corrected chi connectivity index (χ2v) is 6.43. The lowest BCUT2D eigenvalue weighted by Gasteiger charge is -2.14. The van der Waals surface area contributed by atoms with Crippen LogP contribution in [0.1, 0.15) is 97.8 Å². The third-order valence-corrected chi connectivity index (χ3v) is 4.58. The van der Waals surface area contributed by atoms with Crippen molar-refractivity contribution in [2.24, 2.45) is 5.92 Å². The Kier molecular flexibility index (Phi) is 14.9. The zero-order valence-corrected chi connectivity index (χ0v) is 15.1. The van der Waals surface area contributed by atoms with Gasteiger partial charge in [-0.15, -0.1) is 0 Å². The summed E-state index contributed by atoms with van der Waals surface area (Å²) in [5.74, 6) is 0.0748. The first-order chi connectivity index (χ1) is 10.7. The zero-order chi connectivity index (χ0) is 16.6. The standard InChI is InChI=1S/C19H38O3/c1-4-7-8-13-16-22-18(19(20)21)15-12-10-9-11-14-17(5-2)6-3/h17-18H,4-16H2,1-3H3,(H,20,21). The Morgan fingerprint density at radius 1 is 0.864 bits per heavy atom. The van der Waals surface area contributed by atoms with Crippen LogP contribution in [0.25, 0.3) is 0 Å². The topological polar surface area (TPSA) is 46.5 Å². The van der Waals surface area contributed by atoms with Crippen molar-refractivity contribution in [3.05, 3.63) is 0 Å². The van der Waals surface area contributed by atoms with Crippen molar-refractivity contribution in [2.75, 3.05) is 6.61 Å². The van der Waals surface area contributed by atoms with Crippen molar-refractivity contribution in [3.8, 4) is 0 Å². The van der Waals surface area contributed by atoms with Gasteiger partial charge in [-0.05, 0) is 18.8 Å². The van der Waals surface area contributed by atoms with Crippen LogP contribution in [0.2, 0.25) is 0 Å². The molecule has 3 heteroatoms. The Hall–Kier alpha value is -0.570. The van der Waals surface area contributed by atoms with Gasteiger partial charge in [0.15, 0.2) is 6.10 Å². The first-order valence-electron chi connectivity index (χ1n) is 9.50. The maximum atomic E-state index is 11.2. The average Bonchev–Trinajstić information content (AvgIpc) is 2.51. The number of carboxylic acid groups (broad SMARTS) is 1. The summed E-state index contributed by atoms with van der Waals surface area (Å²) in [6.07, 6.45) is 13.1. The van der Waals surface area contributed by atoms with Gasteiger partial charge in [-0.25, -0.2) is 4.79 Å². The first-order valence-corrected chi connectivity index (χ1v) is 9.50. The van der Waals surface area contributed by atoms with Crippen molar-refractivity contribution in [1.29, 1.82) is 0 Å². The minimum absolute atomic E-state index is 0.589. The maximum absolute atomic E-state index is 11.2. The van der Waals surface area contributed by atoms with Crippen LogP contribution in [-0.2, 0) is 9.53 Å². The lowest BCUT2D eigenvalue weighted by atomic mass is 9.95. The predicted octanol–water partition coefficient (Wildman–Crippen LogP) is 5.81. The minimum Gasteiger partial charge on any atom is -0.479 e. The summed E-state index contributed by atoms with van der Waals surface area (Å²) >= 11 is 0. The molecular weight excluding hydrogens is 276 g/mol. The molecule has 0 saturated heterocycles. The lowest BCUT2D eigenvalue weighted by molar-refractivity contribution is -0.151. The van der Waals surface area contributed by atoms with Crippen LogP contribution in [0.15, 0.2) is 0 Å². The van der Waals surface area contributed by atoms with Gasteiger partial charge in [-0.2, -0.15) is 0 Å². The fourth-order valence-electron chi connectivity index (χ4n) is 2.85. The average molecular weight is 315 g/mol. The molecule has 0 aliphatic rings. The molecule has 0 aromatic rings. The summed E-state index contributed by atoms with van der Waals surface area (Å²) in [4.78, 5) is 11.2. The molecule has 0 aliphatic carbocycles. The van der Waals surface area contributed by atoms with Gasteiger partial charge in [0.2, 0.25) is 0 Å². The monoisotopic (exact) mass is 314 g/mol. The second-order valence-electron chi connectivity index (χ2n) is 6.43. The van der Waals surface area contributed by atoms with E-state index in [1.165, 1.54) is 44.9 Å². The highest BCUT2D eigenvalue weighted by molar-refractivity contribution is 5.72. The highest BCUT2D eigenvalue weighted by atomic mass is 16.5. The van der Waals surface area contributed by atoms with Crippen molar-refractivity contribution in [3.63, 3.8) is 0 Å². The van der Waals surface area contributed by atoms with E-state index in [1.54, 1.807) is 0 Å². The Balaban J connectivity index is 3.63. The molecular formula is C19H38O3. The van der Waals surface area contributed by atoms with Crippen LogP contribution < -0.4 is 0 Å². The molecule has 132 valence electrons. The summed E-state index contributed by atoms with van der Waals surface area (Å²) in [7, 11) is 0. The SMILES string of the molecule is CCCCCCOC(CCCCCCC(CC)CC)C(=O)O. The third kappa shape index (κ3) is 12.0. The number of ether oxygens (including phenoxy) is 1. The number of hydrogen-bond acceptors (Lipinski definition) is 2. The lowest BCUT2D eigenvalue weighted by Crippen LogP contribution is -2.24. The third-order valence-electron chi connectivity index (χ3n) is 4.58. The van der Waals surface area contributed by atoms with Crippen LogP contribution in [0.3, 0.4) is 0 Å². The summed E-state index contributed by atoms with van der Waals surface area (Å²) < 4.78 is 5.53. The number of unbranched alkanes of at least 4 members (excludes halogenated alkanes) is 6. The molecule has 1 N–H and O–H groups in total. The maximum Gasteiger partial charge on any atom is 0.332 e. The summed E-state index contributed by atoms with van der Waals surface area (Å²) in [6.45, 7) is 7.29. The number of aliphatic carboxylic acids is 1. The largest absolute Gasteiger partial charge is 0.479 e. The van der Waals surface area contributed by atoms with E-state index in [2.05, 4.69) is 20.8 Å². The molecule has 0 rings (SSSR count). The van der Waals surface area contributed by atoms with Gasteiger partial charge in [0.05, 0.1) is 0 Å². The molecule has 0 saturated carbocycles. The van der Waals surface area contributed by atoms with Gasteiger partial charge in [-0.1, -0.05) is 85.0 Å². The van der Waals surface area contributed by atoms with Gasteiger partial charge in [0.25, 0.3) is 0 Å². The van der Waals surface area contributed by atoms with Gasteiger partial charge in [-0.3, -0.25) is 0 Å². The number of hydrogen-bond donors (Lipinski definition) is 1. The fraction of sp³-hybridized carbons (Fsp3) is 0.947. The molecule has 0 aromatic carbocycles. The van der Waals surface area contributed by atoms with E-state index < -0.39 is 12.1 Å². The summed E-state index contributed by atoms with van der Waals surface area (Å²) in [5.41, 5.74) is 0. The Bertz CT molecular complexity index is 249. The quantitative estimate of drug-likeness (QED) is 0.365. The molecule has 0 spiro atoms. The number of carboxylic acids is 1. The number of rotatable bonds is 16. The van der Waals surface area contributed by atoms with E-state index in [9.17, 15) is 9.90 Å². The molecule has 3 nitrogen and oxygen atoms in total. The Morgan fingerprint density at radius 2 is 1.45 bits per heavy atom. The molecule has 0 bridgehead atoms.